The number of sulfonamides is 1. The van der Waals surface area contributed by atoms with E-state index in [0.29, 0.717) is 5.69 Å². The molecule has 14 heteroatoms. The second-order valence-electron chi connectivity index (χ2n) is 12.0. The van der Waals surface area contributed by atoms with Crippen LogP contribution in [0.2, 0.25) is 10.0 Å². The van der Waals surface area contributed by atoms with Crippen molar-refractivity contribution in [2.45, 2.75) is 81.8 Å². The molecule has 1 aromatic heterocycles. The molecule has 2 aliphatic rings. The number of aryl methyl sites for hydroxylation is 1. The lowest BCUT2D eigenvalue weighted by atomic mass is 9.82. The van der Waals surface area contributed by atoms with Crippen molar-refractivity contribution < 1.29 is 27.9 Å². The van der Waals surface area contributed by atoms with Crippen LogP contribution in [0.4, 0.5) is 0 Å². The smallest absolute Gasteiger partial charge is 0.305 e. The third kappa shape index (κ3) is 6.77. The van der Waals surface area contributed by atoms with Crippen LogP contribution in [0, 0.1) is 5.92 Å². The zero-order chi connectivity index (χ0) is 31.0. The van der Waals surface area contributed by atoms with Crippen LogP contribution >= 0.6 is 23.2 Å². The Bertz CT molecular complexity index is 1470. The van der Waals surface area contributed by atoms with E-state index in [0.717, 1.165) is 36.4 Å². The molecule has 1 saturated heterocycles. The molecular formula is C28H37Cl2N5O6S. The van der Waals surface area contributed by atoms with Gasteiger partial charge in [0.2, 0.25) is 10.0 Å². The van der Waals surface area contributed by atoms with Crippen molar-refractivity contribution >= 4 is 51.0 Å². The summed E-state index contributed by atoms with van der Waals surface area (Å²) in [5.41, 5.74) is 0.499. The van der Waals surface area contributed by atoms with E-state index in [1.165, 1.54) is 27.8 Å². The Labute approximate surface area is 256 Å². The molecule has 2 atom stereocenters. The van der Waals surface area contributed by atoms with E-state index in [-0.39, 0.29) is 51.5 Å². The Balaban J connectivity index is 1.73. The molecule has 1 aromatic carbocycles. The first-order valence-electron chi connectivity index (χ1n) is 14.0. The molecular weight excluding hydrogens is 605 g/mol. The summed E-state index contributed by atoms with van der Waals surface area (Å²) in [6.45, 7) is 5.63. The fourth-order valence-electron chi connectivity index (χ4n) is 5.61. The van der Waals surface area contributed by atoms with Gasteiger partial charge < -0.3 is 15.3 Å². The molecule has 2 fully saturated rings. The van der Waals surface area contributed by atoms with E-state index in [4.69, 9.17) is 23.2 Å². The fourth-order valence-corrected chi connectivity index (χ4v) is 7.55. The number of nitrogens with one attached hydrogen (secondary N) is 1. The van der Waals surface area contributed by atoms with E-state index in [9.17, 15) is 27.9 Å². The van der Waals surface area contributed by atoms with E-state index in [2.05, 4.69) is 10.4 Å². The first-order chi connectivity index (χ1) is 19.6. The standard InChI is InChI=1S/C28H37Cl2N5O6S/c1-28(2,3)23-16-22(33(4)32-23)27(39)34-12-13-35(42(40,41)18-10-11-19(29)20(30)14-18)26(34)25(38)31-21(15-24(36)37)17-8-6-5-7-9-17/h10-11,14,16-17,21,26H,5-9,12-13,15H2,1-4H3,(H,31,38)(H,36,37). The number of hydrogen-bond acceptors (Lipinski definition) is 6. The van der Waals surface area contributed by atoms with Crippen LogP contribution < -0.4 is 5.32 Å². The number of nitrogens with zero attached hydrogens (tertiary/aromatic N) is 4. The predicted molar refractivity (Wildman–Crippen MR) is 158 cm³/mol. The zero-order valence-corrected chi connectivity index (χ0v) is 26.5. The molecule has 2 unspecified atom stereocenters. The number of aromatic nitrogens is 2. The quantitative estimate of drug-likeness (QED) is 0.443. The molecule has 230 valence electrons. The minimum absolute atomic E-state index is 0.0225. The SMILES string of the molecule is Cn1nc(C(C)(C)C)cc1C(=O)N1CCN(S(=O)(=O)c2ccc(Cl)c(Cl)c2)C1C(=O)NC(CC(=O)O)C1CCCCC1. The molecule has 1 aliphatic heterocycles. The lowest BCUT2D eigenvalue weighted by molar-refractivity contribution is -0.138. The van der Waals surface area contributed by atoms with Crippen molar-refractivity contribution in [3.63, 3.8) is 0 Å². The third-order valence-corrected chi connectivity index (χ3v) is 10.5. The lowest BCUT2D eigenvalue weighted by Gasteiger charge is -2.34. The summed E-state index contributed by atoms with van der Waals surface area (Å²) >= 11 is 12.1. The minimum atomic E-state index is -4.34. The Morgan fingerprint density at radius 2 is 1.74 bits per heavy atom. The summed E-state index contributed by atoms with van der Waals surface area (Å²) in [4.78, 5) is 40.7. The normalized spacial score (nSPS) is 19.6. The average molecular weight is 643 g/mol. The van der Waals surface area contributed by atoms with Crippen LogP contribution in [0.5, 0.6) is 0 Å². The van der Waals surface area contributed by atoms with E-state index in [1.54, 1.807) is 13.1 Å². The molecule has 0 bridgehead atoms. The highest BCUT2D eigenvalue weighted by atomic mass is 35.5. The number of hydrogen-bond donors (Lipinski definition) is 2. The maximum Gasteiger partial charge on any atom is 0.305 e. The number of carboxylic acid groups (broad SMARTS) is 1. The van der Waals surface area contributed by atoms with Gasteiger partial charge in [0.25, 0.3) is 11.8 Å². The van der Waals surface area contributed by atoms with Crippen molar-refractivity contribution in [1.29, 1.82) is 0 Å². The Hall–Kier alpha value is -2.67. The molecule has 2 amide bonds. The van der Waals surface area contributed by atoms with E-state index >= 15 is 0 Å². The predicted octanol–water partition coefficient (Wildman–Crippen LogP) is 4.04. The van der Waals surface area contributed by atoms with E-state index < -0.39 is 40.0 Å². The Kier molecular flexibility index (Phi) is 9.61. The van der Waals surface area contributed by atoms with Gasteiger partial charge in [-0.15, -0.1) is 0 Å². The first kappa shape index (κ1) is 32.2. The van der Waals surface area contributed by atoms with Crippen LogP contribution in [-0.4, -0.2) is 75.6 Å². The average Bonchev–Trinajstić information content (AvgIpc) is 3.54. The summed E-state index contributed by atoms with van der Waals surface area (Å²) < 4.78 is 30.1. The molecule has 1 saturated carbocycles. The van der Waals surface area contributed by atoms with Crippen LogP contribution in [0.25, 0.3) is 0 Å². The van der Waals surface area contributed by atoms with Crippen molar-refractivity contribution in [2.24, 2.45) is 13.0 Å². The maximum absolute atomic E-state index is 14.0. The minimum Gasteiger partial charge on any atom is -0.481 e. The number of benzene rings is 1. The summed E-state index contributed by atoms with van der Waals surface area (Å²) in [6.07, 6.45) is 2.49. The topological polar surface area (TPSA) is 142 Å². The van der Waals surface area contributed by atoms with Gasteiger partial charge in [0.15, 0.2) is 6.17 Å². The lowest BCUT2D eigenvalue weighted by Crippen LogP contribution is -2.57. The zero-order valence-electron chi connectivity index (χ0n) is 24.1. The van der Waals surface area contributed by atoms with Crippen LogP contribution in [0.15, 0.2) is 29.2 Å². The van der Waals surface area contributed by atoms with Gasteiger partial charge in [0.05, 0.1) is 27.1 Å². The second kappa shape index (κ2) is 12.5. The van der Waals surface area contributed by atoms with Gasteiger partial charge in [0.1, 0.15) is 5.69 Å². The van der Waals surface area contributed by atoms with Crippen LogP contribution in [0.3, 0.4) is 0 Å². The highest BCUT2D eigenvalue weighted by Crippen LogP contribution is 2.32. The number of halogens is 2. The van der Waals surface area contributed by atoms with Gasteiger partial charge >= 0.3 is 5.97 Å². The van der Waals surface area contributed by atoms with Crippen LogP contribution in [-0.2, 0) is 32.1 Å². The Morgan fingerprint density at radius 1 is 1.07 bits per heavy atom. The number of rotatable bonds is 8. The van der Waals surface area contributed by atoms with Crippen molar-refractivity contribution in [1.82, 2.24) is 24.3 Å². The highest BCUT2D eigenvalue weighted by Gasteiger charge is 2.48. The fraction of sp³-hybridized carbons (Fsp3) is 0.571. The molecule has 42 heavy (non-hydrogen) atoms. The third-order valence-electron chi connectivity index (χ3n) is 7.93. The molecule has 1 aliphatic carbocycles. The van der Waals surface area contributed by atoms with Gasteiger partial charge in [-0.05, 0) is 43.0 Å². The summed E-state index contributed by atoms with van der Waals surface area (Å²) in [5.74, 6) is -2.48. The van der Waals surface area contributed by atoms with Crippen molar-refractivity contribution in [3.8, 4) is 0 Å². The maximum atomic E-state index is 14.0. The monoisotopic (exact) mass is 641 g/mol. The highest BCUT2D eigenvalue weighted by molar-refractivity contribution is 7.89. The molecule has 2 heterocycles. The Morgan fingerprint density at radius 3 is 2.31 bits per heavy atom. The number of carbonyl (C=O) groups is 3. The molecule has 0 spiro atoms. The number of carboxylic acids is 1. The van der Waals surface area contributed by atoms with Crippen LogP contribution in [0.1, 0.15) is 75.5 Å². The van der Waals surface area contributed by atoms with Gasteiger partial charge in [-0.1, -0.05) is 63.2 Å². The van der Waals surface area contributed by atoms with Gasteiger partial charge in [-0.2, -0.15) is 9.40 Å². The number of amides is 2. The van der Waals surface area contributed by atoms with Crippen molar-refractivity contribution in [3.05, 3.63) is 45.7 Å². The molecule has 11 nitrogen and oxygen atoms in total. The molecule has 2 N–H and O–H groups in total. The summed E-state index contributed by atoms with van der Waals surface area (Å²) in [5, 5.41) is 17.1. The van der Waals surface area contributed by atoms with Crippen molar-refractivity contribution in [2.75, 3.05) is 13.1 Å². The summed E-state index contributed by atoms with van der Waals surface area (Å²) in [7, 11) is -2.72. The molecule has 4 rings (SSSR count). The largest absolute Gasteiger partial charge is 0.481 e. The van der Waals surface area contributed by atoms with Gasteiger partial charge in [0, 0.05) is 31.6 Å². The molecule has 0 radical (unpaired) electrons. The van der Waals surface area contributed by atoms with Gasteiger partial charge in [-0.3, -0.25) is 19.1 Å². The molecule has 2 aromatic rings. The van der Waals surface area contributed by atoms with E-state index in [1.807, 2.05) is 20.8 Å². The first-order valence-corrected chi connectivity index (χ1v) is 16.2. The number of aliphatic carboxylic acids is 1. The number of carbonyl (C=O) groups excluding carboxylic acids is 2. The summed E-state index contributed by atoms with van der Waals surface area (Å²) in [6, 6.07) is 4.76. The second-order valence-corrected chi connectivity index (χ2v) is 14.7. The van der Waals surface area contributed by atoms with Gasteiger partial charge in [-0.25, -0.2) is 8.42 Å².